The van der Waals surface area contributed by atoms with E-state index in [0.29, 0.717) is 22.6 Å². The number of aromatic nitrogens is 6. The van der Waals surface area contributed by atoms with Crippen LogP contribution in [0.25, 0.3) is 28.2 Å². The van der Waals surface area contributed by atoms with Crippen molar-refractivity contribution < 1.29 is 9.90 Å². The van der Waals surface area contributed by atoms with Crippen molar-refractivity contribution in [3.63, 3.8) is 0 Å². The van der Waals surface area contributed by atoms with Gasteiger partial charge in [-0.3, -0.25) is 0 Å². The van der Waals surface area contributed by atoms with Crippen LogP contribution in [0.1, 0.15) is 10.4 Å². The molecule has 112 valence electrons. The van der Waals surface area contributed by atoms with Gasteiger partial charge in [-0.2, -0.15) is 0 Å². The van der Waals surface area contributed by atoms with Gasteiger partial charge in [0.1, 0.15) is 22.5 Å². The highest BCUT2D eigenvalue weighted by atomic mass is 16.4. The molecule has 0 bridgehead atoms. The van der Waals surface area contributed by atoms with Gasteiger partial charge in [-0.25, -0.2) is 19.4 Å². The molecule has 2 N–H and O–H groups in total. The maximum absolute atomic E-state index is 11.2. The number of hydrogen-bond donors (Lipinski definition) is 2. The van der Waals surface area contributed by atoms with Gasteiger partial charge >= 0.3 is 5.97 Å². The molecule has 0 atom stereocenters. The van der Waals surface area contributed by atoms with Gasteiger partial charge in [0, 0.05) is 6.20 Å². The van der Waals surface area contributed by atoms with Gasteiger partial charge in [-0.1, -0.05) is 23.4 Å². The van der Waals surface area contributed by atoms with E-state index in [0.717, 1.165) is 5.69 Å². The van der Waals surface area contributed by atoms with Crippen LogP contribution in [0.3, 0.4) is 0 Å². The lowest BCUT2D eigenvalue weighted by atomic mass is 10.3. The Balaban J connectivity index is 1.79. The van der Waals surface area contributed by atoms with Crippen molar-refractivity contribution in [2.24, 2.45) is 0 Å². The summed E-state index contributed by atoms with van der Waals surface area (Å²) in [5.41, 5.74) is 2.63. The van der Waals surface area contributed by atoms with Gasteiger partial charge in [0.15, 0.2) is 5.65 Å². The Morgan fingerprint density at radius 3 is 2.78 bits per heavy atom. The molecule has 3 aromatic heterocycles. The average Bonchev–Trinajstić information content (AvgIpc) is 3.22. The number of carbonyl (C=O) groups is 1. The van der Waals surface area contributed by atoms with E-state index in [1.165, 1.54) is 12.4 Å². The molecule has 0 aliphatic heterocycles. The number of fused-ring (bicyclic) bond motifs is 1. The van der Waals surface area contributed by atoms with E-state index >= 15 is 0 Å². The Kier molecular flexibility index (Phi) is 2.87. The smallest absolute Gasteiger partial charge is 0.339 e. The van der Waals surface area contributed by atoms with Gasteiger partial charge < -0.3 is 10.1 Å². The zero-order valence-electron chi connectivity index (χ0n) is 11.7. The third kappa shape index (κ3) is 2.22. The molecule has 0 spiro atoms. The molecule has 3 heterocycles. The molecule has 23 heavy (non-hydrogen) atoms. The molecule has 0 saturated heterocycles. The molecule has 0 aliphatic rings. The number of hydrogen-bond acceptors (Lipinski definition) is 5. The Morgan fingerprint density at radius 1 is 1.17 bits per heavy atom. The van der Waals surface area contributed by atoms with Crippen LogP contribution < -0.4 is 0 Å². The quantitative estimate of drug-likeness (QED) is 0.598. The molecule has 0 amide bonds. The summed E-state index contributed by atoms with van der Waals surface area (Å²) in [6.45, 7) is 0. The lowest BCUT2D eigenvalue weighted by Gasteiger charge is -1.98. The second-order valence-corrected chi connectivity index (χ2v) is 4.84. The lowest BCUT2D eigenvalue weighted by Crippen LogP contribution is -1.96. The SMILES string of the molecule is O=C(O)c1c[nH]c2ncc(-c3cn(-c4ccccc4)nn3)nc12. The standard InChI is InChI=1S/C15H10N6O2/c22-15(23)10-6-16-14-13(10)18-11(7-17-14)12-8-21(20-19-12)9-4-2-1-3-5-9/h1-8H,(H,16,17)(H,22,23). The highest BCUT2D eigenvalue weighted by Crippen LogP contribution is 2.20. The second-order valence-electron chi connectivity index (χ2n) is 4.84. The summed E-state index contributed by atoms with van der Waals surface area (Å²) in [4.78, 5) is 22.5. The fourth-order valence-corrected chi connectivity index (χ4v) is 2.27. The number of carboxylic acids is 1. The highest BCUT2D eigenvalue weighted by molar-refractivity contribution is 6.00. The zero-order chi connectivity index (χ0) is 15.8. The number of para-hydroxylation sites is 1. The van der Waals surface area contributed by atoms with Crippen LogP contribution >= 0.6 is 0 Å². The maximum atomic E-state index is 11.2. The molecule has 0 aliphatic carbocycles. The van der Waals surface area contributed by atoms with Crippen LogP contribution in [0.5, 0.6) is 0 Å². The van der Waals surface area contributed by atoms with E-state index < -0.39 is 5.97 Å². The normalized spacial score (nSPS) is 11.0. The summed E-state index contributed by atoms with van der Waals surface area (Å²) in [7, 11) is 0. The number of aromatic amines is 1. The number of benzene rings is 1. The predicted molar refractivity (Wildman–Crippen MR) is 81.2 cm³/mol. The molecule has 0 fully saturated rings. The first-order valence-corrected chi connectivity index (χ1v) is 6.78. The van der Waals surface area contributed by atoms with Gasteiger partial charge in [0.2, 0.25) is 0 Å². The van der Waals surface area contributed by atoms with Gasteiger partial charge in [-0.05, 0) is 12.1 Å². The lowest BCUT2D eigenvalue weighted by molar-refractivity contribution is 0.0699. The molecule has 1 aromatic carbocycles. The second kappa shape index (κ2) is 5.02. The number of nitrogens with zero attached hydrogens (tertiary/aromatic N) is 5. The van der Waals surface area contributed by atoms with Crippen LogP contribution in [-0.4, -0.2) is 41.0 Å². The van der Waals surface area contributed by atoms with E-state index in [-0.39, 0.29) is 5.56 Å². The van der Waals surface area contributed by atoms with Crippen molar-refractivity contribution in [2.45, 2.75) is 0 Å². The molecule has 8 heteroatoms. The van der Waals surface area contributed by atoms with Gasteiger partial charge in [0.05, 0.1) is 18.1 Å². The average molecular weight is 306 g/mol. The largest absolute Gasteiger partial charge is 0.478 e. The molecule has 4 rings (SSSR count). The molecule has 0 saturated carbocycles. The number of carboxylic acid groups (broad SMARTS) is 1. The van der Waals surface area contributed by atoms with Crippen molar-refractivity contribution >= 4 is 17.1 Å². The Bertz CT molecular complexity index is 1010. The molecule has 0 unspecified atom stereocenters. The van der Waals surface area contributed by atoms with E-state index in [2.05, 4.69) is 25.3 Å². The summed E-state index contributed by atoms with van der Waals surface area (Å²) < 4.78 is 1.62. The number of nitrogens with one attached hydrogen (secondary N) is 1. The van der Waals surface area contributed by atoms with Crippen LogP contribution in [0, 0.1) is 0 Å². The maximum Gasteiger partial charge on any atom is 0.339 e. The summed E-state index contributed by atoms with van der Waals surface area (Å²) in [5.74, 6) is -1.06. The van der Waals surface area contributed by atoms with Gasteiger partial charge in [-0.15, -0.1) is 5.10 Å². The van der Waals surface area contributed by atoms with E-state index in [1.54, 1.807) is 10.9 Å². The van der Waals surface area contributed by atoms with Crippen molar-refractivity contribution in [3.05, 3.63) is 54.5 Å². The Morgan fingerprint density at radius 2 is 2.00 bits per heavy atom. The predicted octanol–water partition coefficient (Wildman–Crippen LogP) is 1.90. The third-order valence-corrected chi connectivity index (χ3v) is 3.39. The van der Waals surface area contributed by atoms with Crippen molar-refractivity contribution in [1.29, 1.82) is 0 Å². The fourth-order valence-electron chi connectivity index (χ4n) is 2.27. The summed E-state index contributed by atoms with van der Waals surface area (Å²) in [5, 5.41) is 17.3. The highest BCUT2D eigenvalue weighted by Gasteiger charge is 2.15. The number of rotatable bonds is 3. The molecule has 8 nitrogen and oxygen atoms in total. The monoisotopic (exact) mass is 306 g/mol. The fraction of sp³-hybridized carbons (Fsp3) is 0. The van der Waals surface area contributed by atoms with E-state index in [9.17, 15) is 4.79 Å². The van der Waals surface area contributed by atoms with Crippen LogP contribution in [0.2, 0.25) is 0 Å². The minimum Gasteiger partial charge on any atom is -0.478 e. The topological polar surface area (TPSA) is 110 Å². The summed E-state index contributed by atoms with van der Waals surface area (Å²) in [6, 6.07) is 9.53. The van der Waals surface area contributed by atoms with E-state index in [1.807, 2.05) is 30.3 Å². The minimum absolute atomic E-state index is 0.0739. The minimum atomic E-state index is -1.06. The molecule has 0 radical (unpaired) electrons. The summed E-state index contributed by atoms with van der Waals surface area (Å²) in [6.07, 6.45) is 4.62. The van der Waals surface area contributed by atoms with Crippen molar-refractivity contribution in [1.82, 2.24) is 29.9 Å². The number of H-pyrrole nitrogens is 1. The summed E-state index contributed by atoms with van der Waals surface area (Å²) >= 11 is 0. The number of aromatic carboxylic acids is 1. The molecular weight excluding hydrogens is 296 g/mol. The van der Waals surface area contributed by atoms with Crippen LogP contribution in [-0.2, 0) is 0 Å². The first kappa shape index (κ1) is 13.1. The van der Waals surface area contributed by atoms with E-state index in [4.69, 9.17) is 5.11 Å². The molecular formula is C15H10N6O2. The van der Waals surface area contributed by atoms with Gasteiger partial charge in [0.25, 0.3) is 0 Å². The first-order valence-electron chi connectivity index (χ1n) is 6.78. The Labute approximate surface area is 129 Å². The zero-order valence-corrected chi connectivity index (χ0v) is 11.7. The van der Waals surface area contributed by atoms with Crippen molar-refractivity contribution in [3.8, 4) is 17.1 Å². The first-order chi connectivity index (χ1) is 11.2. The van der Waals surface area contributed by atoms with Crippen LogP contribution in [0.4, 0.5) is 0 Å². The van der Waals surface area contributed by atoms with Crippen LogP contribution in [0.15, 0.2) is 48.9 Å². The van der Waals surface area contributed by atoms with Crippen molar-refractivity contribution in [2.75, 3.05) is 0 Å². The third-order valence-electron chi connectivity index (χ3n) is 3.39. The molecule has 4 aromatic rings. The Hall–Kier alpha value is -3.55.